The van der Waals surface area contributed by atoms with Gasteiger partial charge in [0.05, 0.1) is 20.4 Å². The maximum Gasteiger partial charge on any atom is 0.299 e. The van der Waals surface area contributed by atoms with Crippen LogP contribution in [0.3, 0.4) is 0 Å². The zero-order chi connectivity index (χ0) is 16.2. The summed E-state index contributed by atoms with van der Waals surface area (Å²) in [6.45, 7) is 2.05. The normalized spacial score (nSPS) is 10.4. The molecule has 0 saturated heterocycles. The van der Waals surface area contributed by atoms with Crippen molar-refractivity contribution in [2.24, 2.45) is 0 Å². The second kappa shape index (κ2) is 6.44. The third-order valence-corrected chi connectivity index (χ3v) is 3.48. The Hall–Kier alpha value is -2.95. The molecule has 3 rings (SSSR count). The Labute approximate surface area is 134 Å². The molecule has 0 radical (unpaired) electrons. The number of hydrogen-bond acceptors (Lipinski definition) is 5. The molecule has 118 valence electrons. The van der Waals surface area contributed by atoms with E-state index < -0.39 is 0 Å². The first-order chi connectivity index (χ1) is 11.2. The standard InChI is InChI=1S/C18H18N2O3/c1-12-4-6-13(7-5-12)17-11-19-18(23-17)20-14-8-9-15(21-2)16(10-14)22-3/h4-11H,1-3H3,(H,19,20). The molecule has 0 fully saturated rings. The second-order valence-electron chi connectivity index (χ2n) is 5.09. The lowest BCUT2D eigenvalue weighted by Gasteiger charge is -2.09. The van der Waals surface area contributed by atoms with Gasteiger partial charge < -0.3 is 19.2 Å². The van der Waals surface area contributed by atoms with Gasteiger partial charge in [-0.3, -0.25) is 0 Å². The van der Waals surface area contributed by atoms with Crippen LogP contribution in [-0.2, 0) is 0 Å². The number of hydrogen-bond donors (Lipinski definition) is 1. The van der Waals surface area contributed by atoms with E-state index in [1.807, 2.05) is 49.4 Å². The fourth-order valence-electron chi connectivity index (χ4n) is 2.22. The van der Waals surface area contributed by atoms with Crippen LogP contribution in [0, 0.1) is 6.92 Å². The first-order valence-corrected chi connectivity index (χ1v) is 7.21. The molecule has 0 aliphatic carbocycles. The van der Waals surface area contributed by atoms with Gasteiger partial charge in [0, 0.05) is 17.3 Å². The summed E-state index contributed by atoms with van der Waals surface area (Å²) in [5.74, 6) is 2.03. The molecule has 0 bridgehead atoms. The number of rotatable bonds is 5. The van der Waals surface area contributed by atoms with Gasteiger partial charge in [0.1, 0.15) is 0 Å². The fourth-order valence-corrected chi connectivity index (χ4v) is 2.22. The molecule has 1 aromatic heterocycles. The lowest BCUT2D eigenvalue weighted by molar-refractivity contribution is 0.355. The van der Waals surface area contributed by atoms with Crippen molar-refractivity contribution in [2.75, 3.05) is 19.5 Å². The number of benzene rings is 2. The molecule has 0 amide bonds. The van der Waals surface area contributed by atoms with E-state index in [0.29, 0.717) is 23.3 Å². The lowest BCUT2D eigenvalue weighted by atomic mass is 10.1. The predicted octanol–water partition coefficient (Wildman–Crippen LogP) is 4.41. The molecule has 0 atom stereocenters. The number of ether oxygens (including phenoxy) is 2. The summed E-state index contributed by atoms with van der Waals surface area (Å²) in [5.41, 5.74) is 3.00. The molecule has 5 nitrogen and oxygen atoms in total. The number of aromatic nitrogens is 1. The Morgan fingerprint density at radius 2 is 1.70 bits per heavy atom. The summed E-state index contributed by atoms with van der Waals surface area (Å²) < 4.78 is 16.3. The van der Waals surface area contributed by atoms with Crippen LogP contribution in [0.5, 0.6) is 11.5 Å². The highest BCUT2D eigenvalue weighted by atomic mass is 16.5. The Kier molecular flexibility index (Phi) is 4.19. The van der Waals surface area contributed by atoms with E-state index in [1.165, 1.54) is 5.56 Å². The van der Waals surface area contributed by atoms with Gasteiger partial charge in [-0.2, -0.15) is 0 Å². The molecular formula is C18H18N2O3. The zero-order valence-electron chi connectivity index (χ0n) is 13.3. The average Bonchev–Trinajstić information content (AvgIpc) is 3.04. The van der Waals surface area contributed by atoms with Crippen LogP contribution >= 0.6 is 0 Å². The van der Waals surface area contributed by atoms with Crippen LogP contribution in [0.2, 0.25) is 0 Å². The maximum absolute atomic E-state index is 5.75. The minimum Gasteiger partial charge on any atom is -0.493 e. The van der Waals surface area contributed by atoms with Crippen molar-refractivity contribution in [2.45, 2.75) is 6.92 Å². The molecule has 2 aromatic carbocycles. The van der Waals surface area contributed by atoms with Crippen molar-refractivity contribution in [3.8, 4) is 22.8 Å². The number of nitrogens with one attached hydrogen (secondary N) is 1. The topological polar surface area (TPSA) is 56.5 Å². The van der Waals surface area contributed by atoms with Crippen molar-refractivity contribution in [1.29, 1.82) is 0 Å². The maximum atomic E-state index is 5.75. The molecule has 0 unspecified atom stereocenters. The zero-order valence-corrected chi connectivity index (χ0v) is 13.3. The summed E-state index contributed by atoms with van der Waals surface area (Å²) in [5, 5.41) is 3.12. The lowest BCUT2D eigenvalue weighted by Crippen LogP contribution is -1.94. The summed E-state index contributed by atoms with van der Waals surface area (Å²) in [4.78, 5) is 4.26. The predicted molar refractivity (Wildman–Crippen MR) is 89.5 cm³/mol. The summed E-state index contributed by atoms with van der Waals surface area (Å²) in [7, 11) is 3.20. The van der Waals surface area contributed by atoms with Crippen molar-refractivity contribution < 1.29 is 13.9 Å². The average molecular weight is 310 g/mol. The van der Waals surface area contributed by atoms with Gasteiger partial charge >= 0.3 is 0 Å². The highest BCUT2D eigenvalue weighted by Crippen LogP contribution is 2.31. The monoisotopic (exact) mass is 310 g/mol. The number of aryl methyl sites for hydroxylation is 1. The van der Waals surface area contributed by atoms with E-state index in [1.54, 1.807) is 20.4 Å². The molecule has 0 aliphatic heterocycles. The van der Waals surface area contributed by atoms with E-state index in [9.17, 15) is 0 Å². The smallest absolute Gasteiger partial charge is 0.299 e. The third kappa shape index (κ3) is 3.29. The minimum absolute atomic E-state index is 0.424. The highest BCUT2D eigenvalue weighted by Gasteiger charge is 2.09. The van der Waals surface area contributed by atoms with E-state index in [-0.39, 0.29) is 0 Å². The van der Waals surface area contributed by atoms with Crippen molar-refractivity contribution in [1.82, 2.24) is 4.98 Å². The van der Waals surface area contributed by atoms with Gasteiger partial charge in [0.2, 0.25) is 0 Å². The summed E-state index contributed by atoms with van der Waals surface area (Å²) >= 11 is 0. The molecule has 3 aromatic rings. The first kappa shape index (κ1) is 15.0. The van der Waals surface area contributed by atoms with Gasteiger partial charge in [0.25, 0.3) is 6.01 Å². The quantitative estimate of drug-likeness (QED) is 0.756. The van der Waals surface area contributed by atoms with E-state index >= 15 is 0 Å². The van der Waals surface area contributed by atoms with E-state index in [2.05, 4.69) is 10.3 Å². The Morgan fingerprint density at radius 1 is 0.957 bits per heavy atom. The summed E-state index contributed by atoms with van der Waals surface area (Å²) in [6, 6.07) is 14.1. The number of anilines is 2. The van der Waals surface area contributed by atoms with Crippen molar-refractivity contribution in [3.05, 3.63) is 54.2 Å². The van der Waals surface area contributed by atoms with Gasteiger partial charge in [-0.1, -0.05) is 29.8 Å². The molecule has 0 spiro atoms. The van der Waals surface area contributed by atoms with Gasteiger partial charge in [-0.25, -0.2) is 4.98 Å². The Morgan fingerprint density at radius 3 is 2.39 bits per heavy atom. The van der Waals surface area contributed by atoms with Crippen molar-refractivity contribution in [3.63, 3.8) is 0 Å². The van der Waals surface area contributed by atoms with Crippen LogP contribution in [0.15, 0.2) is 53.1 Å². The molecular weight excluding hydrogens is 292 g/mol. The first-order valence-electron chi connectivity index (χ1n) is 7.21. The number of methoxy groups -OCH3 is 2. The van der Waals surface area contributed by atoms with Crippen LogP contribution in [0.25, 0.3) is 11.3 Å². The SMILES string of the molecule is COc1ccc(Nc2ncc(-c3ccc(C)cc3)o2)cc1OC. The number of oxazole rings is 1. The largest absolute Gasteiger partial charge is 0.493 e. The highest BCUT2D eigenvalue weighted by molar-refractivity contribution is 5.62. The molecule has 1 N–H and O–H groups in total. The van der Waals surface area contributed by atoms with Crippen LogP contribution < -0.4 is 14.8 Å². The molecule has 0 saturated carbocycles. The third-order valence-electron chi connectivity index (χ3n) is 3.48. The van der Waals surface area contributed by atoms with Crippen LogP contribution in [-0.4, -0.2) is 19.2 Å². The summed E-state index contributed by atoms with van der Waals surface area (Å²) in [6.07, 6.45) is 1.70. The van der Waals surface area contributed by atoms with Crippen LogP contribution in [0.4, 0.5) is 11.7 Å². The molecule has 23 heavy (non-hydrogen) atoms. The molecule has 1 heterocycles. The van der Waals surface area contributed by atoms with Gasteiger partial charge in [-0.05, 0) is 19.1 Å². The minimum atomic E-state index is 0.424. The van der Waals surface area contributed by atoms with Crippen molar-refractivity contribution >= 4 is 11.7 Å². The molecule has 5 heteroatoms. The number of nitrogens with zero attached hydrogens (tertiary/aromatic N) is 1. The van der Waals surface area contributed by atoms with E-state index in [4.69, 9.17) is 13.9 Å². The Bertz CT molecular complexity index is 794. The fraction of sp³-hybridized carbons (Fsp3) is 0.167. The molecule has 0 aliphatic rings. The van der Waals surface area contributed by atoms with Gasteiger partial charge in [-0.15, -0.1) is 0 Å². The van der Waals surface area contributed by atoms with Crippen LogP contribution in [0.1, 0.15) is 5.56 Å². The second-order valence-corrected chi connectivity index (χ2v) is 5.09. The van der Waals surface area contributed by atoms with Gasteiger partial charge in [0.15, 0.2) is 17.3 Å². The van der Waals surface area contributed by atoms with E-state index in [0.717, 1.165) is 11.3 Å². The Balaban J connectivity index is 1.80.